The number of carbonyl (C=O) groups excluding carboxylic acids is 2. The lowest BCUT2D eigenvalue weighted by Gasteiger charge is -2.33. The van der Waals surface area contributed by atoms with Gasteiger partial charge in [-0.05, 0) is 36.2 Å². The third-order valence-corrected chi connectivity index (χ3v) is 4.24. The lowest BCUT2D eigenvalue weighted by molar-refractivity contribution is -0.137. The van der Waals surface area contributed by atoms with Gasteiger partial charge in [-0.15, -0.1) is 0 Å². The van der Waals surface area contributed by atoms with E-state index in [1.54, 1.807) is 24.3 Å². The molecule has 1 aliphatic rings. The highest BCUT2D eigenvalue weighted by atomic mass is 19.4. The highest BCUT2D eigenvalue weighted by Crippen LogP contribution is 2.33. The van der Waals surface area contributed by atoms with Gasteiger partial charge >= 0.3 is 6.18 Å². The monoisotopic (exact) mass is 348 g/mol. The molecule has 25 heavy (non-hydrogen) atoms. The number of halogens is 3. The molecule has 1 heterocycles. The molecule has 1 unspecified atom stereocenters. The first-order valence-corrected chi connectivity index (χ1v) is 7.63. The first-order chi connectivity index (χ1) is 11.8. The van der Waals surface area contributed by atoms with Gasteiger partial charge in [0.25, 0.3) is 5.91 Å². The fraction of sp³-hybridized carbons (Fsp3) is 0.222. The summed E-state index contributed by atoms with van der Waals surface area (Å²) in [6.45, 7) is 0.0431. The van der Waals surface area contributed by atoms with Crippen molar-refractivity contribution in [1.29, 1.82) is 0 Å². The molecule has 0 saturated carbocycles. The number of nitrogens with zero attached hydrogens (tertiary/aromatic N) is 1. The molecule has 1 atom stereocenters. The smallest absolute Gasteiger partial charge is 0.369 e. The Morgan fingerprint density at radius 1 is 1.08 bits per heavy atom. The van der Waals surface area contributed by atoms with E-state index in [1.165, 1.54) is 17.0 Å². The molecule has 2 aromatic rings. The molecule has 1 aliphatic heterocycles. The van der Waals surface area contributed by atoms with E-state index in [4.69, 9.17) is 5.73 Å². The van der Waals surface area contributed by atoms with Gasteiger partial charge in [-0.2, -0.15) is 13.2 Å². The van der Waals surface area contributed by atoms with E-state index in [0.29, 0.717) is 12.1 Å². The number of primary amides is 1. The zero-order valence-corrected chi connectivity index (χ0v) is 13.1. The molecule has 2 N–H and O–H groups in total. The summed E-state index contributed by atoms with van der Waals surface area (Å²) in [7, 11) is 0. The molecule has 0 radical (unpaired) electrons. The molecular formula is C18H15F3N2O2. The van der Waals surface area contributed by atoms with Crippen LogP contribution >= 0.6 is 0 Å². The van der Waals surface area contributed by atoms with Crippen LogP contribution in [0.5, 0.6) is 0 Å². The second kappa shape index (κ2) is 6.23. The summed E-state index contributed by atoms with van der Waals surface area (Å²) in [6.07, 6.45) is -4.14. The van der Waals surface area contributed by atoms with E-state index in [0.717, 1.165) is 17.7 Å². The van der Waals surface area contributed by atoms with Crippen LogP contribution in [-0.4, -0.2) is 18.4 Å². The molecular weight excluding hydrogens is 333 g/mol. The van der Waals surface area contributed by atoms with Crippen molar-refractivity contribution >= 4 is 17.5 Å². The summed E-state index contributed by atoms with van der Waals surface area (Å²) in [4.78, 5) is 25.7. The Bertz CT molecular complexity index is 833. The SMILES string of the molecule is NC(=O)C1Cc2ccccc2N(C(=O)c2cccc(C(F)(F)F)c2)C1. The quantitative estimate of drug-likeness (QED) is 0.907. The molecule has 4 nitrogen and oxygen atoms in total. The van der Waals surface area contributed by atoms with Gasteiger partial charge in [-0.1, -0.05) is 24.3 Å². The Hall–Kier alpha value is -2.83. The highest BCUT2D eigenvalue weighted by molar-refractivity contribution is 6.07. The van der Waals surface area contributed by atoms with Crippen molar-refractivity contribution in [2.24, 2.45) is 11.7 Å². The van der Waals surface area contributed by atoms with Gasteiger partial charge in [0.15, 0.2) is 0 Å². The molecule has 0 fully saturated rings. The van der Waals surface area contributed by atoms with Crippen molar-refractivity contribution in [3.05, 3.63) is 65.2 Å². The van der Waals surface area contributed by atoms with Crippen molar-refractivity contribution in [2.45, 2.75) is 12.6 Å². The van der Waals surface area contributed by atoms with Gasteiger partial charge in [0.05, 0.1) is 11.5 Å². The third kappa shape index (κ3) is 3.35. The number of anilines is 1. The predicted molar refractivity (Wildman–Crippen MR) is 86.0 cm³/mol. The first-order valence-electron chi connectivity index (χ1n) is 7.63. The summed E-state index contributed by atoms with van der Waals surface area (Å²) < 4.78 is 38.7. The molecule has 0 spiro atoms. The van der Waals surface area contributed by atoms with E-state index < -0.39 is 29.5 Å². The molecule has 2 amide bonds. The van der Waals surface area contributed by atoms with Crippen LogP contribution in [-0.2, 0) is 17.4 Å². The van der Waals surface area contributed by atoms with Crippen molar-refractivity contribution in [2.75, 3.05) is 11.4 Å². The fourth-order valence-corrected chi connectivity index (χ4v) is 2.96. The van der Waals surface area contributed by atoms with Crippen LogP contribution < -0.4 is 10.6 Å². The van der Waals surface area contributed by atoms with Gasteiger partial charge in [0.2, 0.25) is 5.91 Å². The predicted octanol–water partition coefficient (Wildman–Crippen LogP) is 3.01. The van der Waals surface area contributed by atoms with E-state index in [9.17, 15) is 22.8 Å². The van der Waals surface area contributed by atoms with Gasteiger partial charge in [-0.25, -0.2) is 0 Å². The maximum absolute atomic E-state index is 12.9. The Balaban J connectivity index is 2.00. The molecule has 2 aromatic carbocycles. The number of alkyl halides is 3. The van der Waals surface area contributed by atoms with Crippen LogP contribution in [0.1, 0.15) is 21.5 Å². The average molecular weight is 348 g/mol. The summed E-state index contributed by atoms with van der Waals surface area (Å²) in [5.41, 5.74) is 5.75. The summed E-state index contributed by atoms with van der Waals surface area (Å²) in [6, 6.07) is 11.2. The van der Waals surface area contributed by atoms with Crippen LogP contribution in [0.3, 0.4) is 0 Å². The second-order valence-electron chi connectivity index (χ2n) is 5.93. The summed E-state index contributed by atoms with van der Waals surface area (Å²) >= 11 is 0. The number of benzene rings is 2. The number of rotatable bonds is 2. The van der Waals surface area contributed by atoms with Gasteiger partial charge < -0.3 is 10.6 Å². The highest BCUT2D eigenvalue weighted by Gasteiger charge is 2.34. The minimum Gasteiger partial charge on any atom is -0.369 e. The average Bonchev–Trinajstić information content (AvgIpc) is 2.59. The Morgan fingerprint density at radius 3 is 2.48 bits per heavy atom. The Kier molecular flexibility index (Phi) is 4.24. The van der Waals surface area contributed by atoms with Crippen LogP contribution in [0, 0.1) is 5.92 Å². The number of hydrogen-bond donors (Lipinski definition) is 1. The lowest BCUT2D eigenvalue weighted by Crippen LogP contribution is -2.44. The van der Waals surface area contributed by atoms with Crippen LogP contribution in [0.25, 0.3) is 0 Å². The van der Waals surface area contributed by atoms with Crippen LogP contribution in [0.15, 0.2) is 48.5 Å². The maximum Gasteiger partial charge on any atom is 0.416 e. The summed E-state index contributed by atoms with van der Waals surface area (Å²) in [5.74, 6) is -1.72. The van der Waals surface area contributed by atoms with E-state index in [2.05, 4.69) is 0 Å². The van der Waals surface area contributed by atoms with Crippen molar-refractivity contribution in [3.8, 4) is 0 Å². The van der Waals surface area contributed by atoms with Gasteiger partial charge in [0.1, 0.15) is 0 Å². The minimum absolute atomic E-state index is 0.0431. The lowest BCUT2D eigenvalue weighted by atomic mass is 9.91. The zero-order valence-electron chi connectivity index (χ0n) is 13.1. The van der Waals surface area contributed by atoms with E-state index in [-0.39, 0.29) is 12.1 Å². The normalized spacial score (nSPS) is 17.1. The van der Waals surface area contributed by atoms with E-state index in [1.807, 2.05) is 0 Å². The maximum atomic E-state index is 12.9. The van der Waals surface area contributed by atoms with E-state index >= 15 is 0 Å². The van der Waals surface area contributed by atoms with Crippen LogP contribution in [0.4, 0.5) is 18.9 Å². The standard InChI is InChI=1S/C18H15F3N2O2/c19-18(20,21)14-6-3-5-12(9-14)17(25)23-10-13(16(22)24)8-11-4-1-2-7-15(11)23/h1-7,9,13H,8,10H2,(H2,22,24). The Morgan fingerprint density at radius 2 is 1.80 bits per heavy atom. The summed E-state index contributed by atoms with van der Waals surface area (Å²) in [5, 5.41) is 0. The number of nitrogens with two attached hydrogens (primary N) is 1. The van der Waals surface area contributed by atoms with Crippen molar-refractivity contribution < 1.29 is 22.8 Å². The van der Waals surface area contributed by atoms with Gasteiger partial charge in [-0.3, -0.25) is 9.59 Å². The molecule has 0 bridgehead atoms. The molecule has 3 rings (SSSR count). The topological polar surface area (TPSA) is 63.4 Å². The number of para-hydroxylation sites is 1. The third-order valence-electron chi connectivity index (χ3n) is 4.24. The molecule has 0 aliphatic carbocycles. The molecule has 7 heteroatoms. The largest absolute Gasteiger partial charge is 0.416 e. The molecule has 0 aromatic heterocycles. The molecule has 130 valence electrons. The molecule has 0 saturated heterocycles. The number of hydrogen-bond acceptors (Lipinski definition) is 2. The van der Waals surface area contributed by atoms with Crippen LogP contribution in [0.2, 0.25) is 0 Å². The number of amides is 2. The van der Waals surface area contributed by atoms with Crippen molar-refractivity contribution in [1.82, 2.24) is 0 Å². The number of carbonyl (C=O) groups is 2. The number of fused-ring (bicyclic) bond motifs is 1. The fourth-order valence-electron chi connectivity index (χ4n) is 2.96. The van der Waals surface area contributed by atoms with Gasteiger partial charge in [0, 0.05) is 17.8 Å². The minimum atomic E-state index is -4.54. The Labute approximate surface area is 142 Å². The second-order valence-corrected chi connectivity index (χ2v) is 5.93. The first kappa shape index (κ1) is 17.0. The van der Waals surface area contributed by atoms with Crippen molar-refractivity contribution in [3.63, 3.8) is 0 Å². The zero-order chi connectivity index (χ0) is 18.2.